The fourth-order valence-corrected chi connectivity index (χ4v) is 2.57. The Bertz CT molecular complexity index is 635. The van der Waals surface area contributed by atoms with Crippen LogP contribution in [0.15, 0.2) is 41.3 Å². The van der Waals surface area contributed by atoms with Crippen LogP contribution in [0.3, 0.4) is 0 Å². The molecule has 17 heavy (non-hydrogen) atoms. The summed E-state index contributed by atoms with van der Waals surface area (Å²) in [6, 6.07) is 10.6. The van der Waals surface area contributed by atoms with Crippen molar-refractivity contribution in [3.8, 4) is 0 Å². The van der Waals surface area contributed by atoms with E-state index in [9.17, 15) is 13.0 Å². The van der Waals surface area contributed by atoms with Gasteiger partial charge in [0.2, 0.25) is 0 Å². The number of hydrogen-bond acceptors (Lipinski definition) is 3. The molecule has 0 aromatic heterocycles. The molecular formula is C12H11KO3S. The Morgan fingerprint density at radius 2 is 1.65 bits per heavy atom. The van der Waals surface area contributed by atoms with Crippen molar-refractivity contribution in [3.63, 3.8) is 0 Å². The summed E-state index contributed by atoms with van der Waals surface area (Å²) in [4.78, 5) is -0.103. The molecule has 84 valence electrons. The maximum absolute atomic E-state index is 11.1. The van der Waals surface area contributed by atoms with Crippen molar-refractivity contribution < 1.29 is 64.4 Å². The molecule has 0 radical (unpaired) electrons. The summed E-state index contributed by atoms with van der Waals surface area (Å²) in [6.45, 7) is 1.83. The molecule has 0 spiro atoms. The van der Waals surface area contributed by atoms with Crippen molar-refractivity contribution in [3.05, 3.63) is 42.0 Å². The van der Waals surface area contributed by atoms with Gasteiger partial charge < -0.3 is 4.55 Å². The van der Waals surface area contributed by atoms with Crippen LogP contribution in [0.2, 0.25) is 0 Å². The summed E-state index contributed by atoms with van der Waals surface area (Å²) in [6.07, 6.45) is 0.529. The van der Waals surface area contributed by atoms with Crippen molar-refractivity contribution in [2.24, 2.45) is 0 Å². The predicted molar refractivity (Wildman–Crippen MR) is 61.3 cm³/mol. The van der Waals surface area contributed by atoms with E-state index in [1.165, 1.54) is 6.07 Å². The molecule has 0 aliphatic carbocycles. The van der Waals surface area contributed by atoms with E-state index < -0.39 is 10.1 Å². The van der Waals surface area contributed by atoms with Gasteiger partial charge in [-0.2, -0.15) is 0 Å². The second-order valence-corrected chi connectivity index (χ2v) is 4.96. The first-order valence-electron chi connectivity index (χ1n) is 5.00. The SMILES string of the molecule is CCc1cc2ccccc2cc1S(=O)(=O)[O-].[K+]. The summed E-state index contributed by atoms with van der Waals surface area (Å²) in [7, 11) is -4.39. The Morgan fingerprint density at radius 3 is 2.12 bits per heavy atom. The van der Waals surface area contributed by atoms with Crippen molar-refractivity contribution in [1.29, 1.82) is 0 Å². The molecule has 0 aliphatic rings. The average Bonchev–Trinajstić information content (AvgIpc) is 2.26. The maximum atomic E-state index is 11.1. The minimum Gasteiger partial charge on any atom is -0.744 e. The third-order valence-electron chi connectivity index (χ3n) is 2.58. The molecule has 0 N–H and O–H groups in total. The largest absolute Gasteiger partial charge is 1.00 e. The molecule has 3 nitrogen and oxygen atoms in total. The van der Waals surface area contributed by atoms with E-state index in [4.69, 9.17) is 0 Å². The average molecular weight is 274 g/mol. The summed E-state index contributed by atoms with van der Waals surface area (Å²) in [5.74, 6) is 0. The van der Waals surface area contributed by atoms with E-state index >= 15 is 0 Å². The first-order chi connectivity index (χ1) is 7.52. The standard InChI is InChI=1S/C12H12O3S.K/c1-2-9-7-10-5-3-4-6-11(10)8-12(9)16(13,14)15;/h3-8H,2H2,1H3,(H,13,14,15);/q;+1/p-1. The summed E-state index contributed by atoms with van der Waals surface area (Å²) >= 11 is 0. The van der Waals surface area contributed by atoms with Gasteiger partial charge in [-0.25, -0.2) is 8.42 Å². The Balaban J connectivity index is 0.00000144. The van der Waals surface area contributed by atoms with Crippen molar-refractivity contribution in [2.45, 2.75) is 18.2 Å². The zero-order valence-corrected chi connectivity index (χ0v) is 13.7. The minimum absolute atomic E-state index is 0. The van der Waals surface area contributed by atoms with Gasteiger partial charge in [-0.3, -0.25) is 0 Å². The van der Waals surface area contributed by atoms with Crippen LogP contribution in [0, 0.1) is 0 Å². The zero-order valence-electron chi connectivity index (χ0n) is 9.80. The molecule has 0 unspecified atom stereocenters. The van der Waals surface area contributed by atoms with Crippen LogP contribution in [0.5, 0.6) is 0 Å². The zero-order chi connectivity index (χ0) is 11.8. The Hall–Kier alpha value is 0.246. The van der Waals surface area contributed by atoms with Gasteiger partial charge in [-0.1, -0.05) is 31.2 Å². The summed E-state index contributed by atoms with van der Waals surface area (Å²) in [5, 5.41) is 1.72. The molecule has 2 rings (SSSR count). The van der Waals surface area contributed by atoms with Gasteiger partial charge in [0.05, 0.1) is 4.90 Å². The molecule has 0 fully saturated rings. The molecule has 2 aromatic carbocycles. The number of benzene rings is 2. The fraction of sp³-hybridized carbons (Fsp3) is 0.167. The van der Waals surface area contributed by atoms with E-state index in [1.807, 2.05) is 25.1 Å². The van der Waals surface area contributed by atoms with E-state index in [0.29, 0.717) is 12.0 Å². The van der Waals surface area contributed by atoms with Gasteiger partial charge in [-0.15, -0.1) is 0 Å². The third-order valence-corrected chi connectivity index (χ3v) is 3.50. The summed E-state index contributed by atoms with van der Waals surface area (Å²) in [5.41, 5.74) is 0.578. The summed E-state index contributed by atoms with van der Waals surface area (Å²) < 4.78 is 33.3. The topological polar surface area (TPSA) is 57.2 Å². The Morgan fingerprint density at radius 1 is 1.12 bits per heavy atom. The second kappa shape index (κ2) is 5.93. The number of fused-ring (bicyclic) bond motifs is 1. The van der Waals surface area contributed by atoms with E-state index in [1.54, 1.807) is 12.1 Å². The molecule has 0 aliphatic heterocycles. The number of hydrogen-bond donors (Lipinski definition) is 0. The Labute approximate surface area is 143 Å². The predicted octanol–water partition coefficient (Wildman–Crippen LogP) is -0.690. The number of aryl methyl sites for hydroxylation is 1. The van der Waals surface area contributed by atoms with Crippen molar-refractivity contribution >= 4 is 20.9 Å². The van der Waals surface area contributed by atoms with Gasteiger partial charge in [0.25, 0.3) is 0 Å². The molecule has 0 atom stereocenters. The fourth-order valence-electron chi connectivity index (χ4n) is 1.78. The van der Waals surface area contributed by atoms with Crippen LogP contribution in [0.25, 0.3) is 10.8 Å². The van der Waals surface area contributed by atoms with Gasteiger partial charge in [-0.05, 0) is 34.9 Å². The quantitative estimate of drug-likeness (QED) is 0.538. The molecule has 0 bridgehead atoms. The molecular weight excluding hydrogens is 263 g/mol. The van der Waals surface area contributed by atoms with Gasteiger partial charge in [0, 0.05) is 0 Å². The van der Waals surface area contributed by atoms with Gasteiger partial charge in [0.15, 0.2) is 0 Å². The molecule has 0 heterocycles. The maximum Gasteiger partial charge on any atom is 1.00 e. The van der Waals surface area contributed by atoms with E-state index in [0.717, 1.165) is 10.8 Å². The monoisotopic (exact) mass is 274 g/mol. The van der Waals surface area contributed by atoms with Crippen LogP contribution in [0.4, 0.5) is 0 Å². The molecule has 2 aromatic rings. The van der Waals surface area contributed by atoms with Crippen LogP contribution in [-0.4, -0.2) is 13.0 Å². The first kappa shape index (κ1) is 15.3. The second-order valence-electron chi connectivity index (χ2n) is 3.61. The Kier molecular flexibility index (Phi) is 5.33. The van der Waals surface area contributed by atoms with E-state index in [-0.39, 0.29) is 56.3 Å². The van der Waals surface area contributed by atoms with Crippen molar-refractivity contribution in [2.75, 3.05) is 0 Å². The molecule has 5 heteroatoms. The van der Waals surface area contributed by atoms with Crippen LogP contribution in [-0.2, 0) is 16.5 Å². The third kappa shape index (κ3) is 3.38. The van der Waals surface area contributed by atoms with Crippen LogP contribution in [0.1, 0.15) is 12.5 Å². The van der Waals surface area contributed by atoms with Gasteiger partial charge >= 0.3 is 51.4 Å². The normalized spacial score (nSPS) is 11.2. The van der Waals surface area contributed by atoms with E-state index in [2.05, 4.69) is 0 Å². The van der Waals surface area contributed by atoms with Crippen LogP contribution >= 0.6 is 0 Å². The van der Waals surface area contributed by atoms with Crippen LogP contribution < -0.4 is 51.4 Å². The molecule has 0 saturated heterocycles. The van der Waals surface area contributed by atoms with Crippen molar-refractivity contribution in [1.82, 2.24) is 0 Å². The molecule has 0 saturated carbocycles. The van der Waals surface area contributed by atoms with Gasteiger partial charge in [0.1, 0.15) is 10.1 Å². The number of rotatable bonds is 2. The smallest absolute Gasteiger partial charge is 0.744 e. The minimum atomic E-state index is -4.39. The first-order valence-corrected chi connectivity index (χ1v) is 6.41. The molecule has 0 amide bonds.